The summed E-state index contributed by atoms with van der Waals surface area (Å²) in [5.41, 5.74) is 1.25. The van der Waals surface area contributed by atoms with Gasteiger partial charge in [-0.15, -0.1) is 0 Å². The lowest BCUT2D eigenvalue weighted by atomic mass is 10.1. The zero-order valence-electron chi connectivity index (χ0n) is 24.9. The van der Waals surface area contributed by atoms with Gasteiger partial charge >= 0.3 is 23.9 Å². The minimum Gasteiger partial charge on any atom is -0.478 e. The topological polar surface area (TPSA) is 162 Å². The van der Waals surface area contributed by atoms with Gasteiger partial charge in [-0.1, -0.05) is 79.3 Å². The van der Waals surface area contributed by atoms with Crippen molar-refractivity contribution >= 4 is 23.9 Å². The average molecular weight is 572 g/mol. The van der Waals surface area contributed by atoms with Crippen LogP contribution in [0, 0.1) is 17.2 Å². The molecular weight excluding hydrogens is 526 g/mol. The number of carboxylic acid groups (broad SMARTS) is 3. The van der Waals surface area contributed by atoms with Crippen LogP contribution < -0.4 is 0 Å². The number of aliphatic carboxylic acids is 3. The first-order valence-electron chi connectivity index (χ1n) is 12.7. The number of methoxy groups -OCH3 is 1. The van der Waals surface area contributed by atoms with Gasteiger partial charge < -0.3 is 20.1 Å². The van der Waals surface area contributed by atoms with Crippen molar-refractivity contribution in [2.45, 2.75) is 60.3 Å². The molecule has 0 aromatic heterocycles. The van der Waals surface area contributed by atoms with E-state index in [1.165, 1.54) is 24.8 Å². The minimum absolute atomic E-state index is 0.209. The molecule has 226 valence electrons. The van der Waals surface area contributed by atoms with Gasteiger partial charge in [-0.25, -0.2) is 19.2 Å². The van der Waals surface area contributed by atoms with Crippen LogP contribution in [0.3, 0.4) is 0 Å². The number of hydrogen-bond donors (Lipinski definition) is 3. The monoisotopic (exact) mass is 571 g/mol. The molecule has 0 saturated carbocycles. The first-order valence-corrected chi connectivity index (χ1v) is 12.7. The van der Waals surface area contributed by atoms with Gasteiger partial charge in [0.1, 0.15) is 0 Å². The Morgan fingerprint density at radius 3 is 1.66 bits per heavy atom. The molecule has 0 bridgehead atoms. The van der Waals surface area contributed by atoms with E-state index in [0.717, 1.165) is 24.6 Å². The summed E-state index contributed by atoms with van der Waals surface area (Å²) < 4.78 is 4.41. The van der Waals surface area contributed by atoms with Gasteiger partial charge in [0.15, 0.2) is 0 Å². The first kappa shape index (κ1) is 43.3. The van der Waals surface area contributed by atoms with Crippen molar-refractivity contribution in [2.75, 3.05) is 7.11 Å². The molecule has 0 heterocycles. The second-order valence-electron chi connectivity index (χ2n) is 7.88. The van der Waals surface area contributed by atoms with Gasteiger partial charge in [0.2, 0.25) is 0 Å². The van der Waals surface area contributed by atoms with Crippen molar-refractivity contribution in [3.63, 3.8) is 0 Å². The fourth-order valence-corrected chi connectivity index (χ4v) is 2.00. The Bertz CT molecular complexity index is 999. The highest BCUT2D eigenvalue weighted by atomic mass is 16.5. The smallest absolute Gasteiger partial charge is 0.330 e. The van der Waals surface area contributed by atoms with E-state index in [-0.39, 0.29) is 11.9 Å². The number of esters is 1. The third kappa shape index (κ3) is 56.6. The quantitative estimate of drug-likeness (QED) is 0.120. The highest BCUT2D eigenvalue weighted by Crippen LogP contribution is 1.98. The third-order valence-electron chi connectivity index (χ3n) is 3.83. The molecule has 9 nitrogen and oxygen atoms in total. The van der Waals surface area contributed by atoms with Crippen LogP contribution in [-0.2, 0) is 23.9 Å². The van der Waals surface area contributed by atoms with Crippen molar-refractivity contribution in [3.8, 4) is 6.07 Å². The maximum atomic E-state index is 10.5. The number of carboxylic acids is 3. The molecule has 0 radical (unpaired) electrons. The van der Waals surface area contributed by atoms with Crippen LogP contribution in [0.2, 0.25) is 0 Å². The van der Waals surface area contributed by atoms with Gasteiger partial charge in [-0.3, -0.25) is 0 Å². The van der Waals surface area contributed by atoms with Crippen LogP contribution in [0.25, 0.3) is 0 Å². The summed E-state index contributed by atoms with van der Waals surface area (Å²) in [6, 6.07) is 1.94. The average Bonchev–Trinajstić information content (AvgIpc) is 2.90. The molecule has 0 amide bonds. The van der Waals surface area contributed by atoms with Crippen LogP contribution in [-0.4, -0.2) is 46.3 Å². The molecule has 0 aliphatic rings. The Morgan fingerprint density at radius 2 is 1.24 bits per heavy atom. The lowest BCUT2D eigenvalue weighted by molar-refractivity contribution is -0.135. The number of ether oxygens (including phenoxy) is 1. The van der Waals surface area contributed by atoms with Crippen molar-refractivity contribution in [2.24, 2.45) is 5.92 Å². The van der Waals surface area contributed by atoms with Gasteiger partial charge in [0.05, 0.1) is 19.6 Å². The summed E-state index contributed by atoms with van der Waals surface area (Å²) in [6.45, 7) is 9.77. The molecule has 0 aromatic rings. The lowest BCUT2D eigenvalue weighted by Crippen LogP contribution is -1.92. The van der Waals surface area contributed by atoms with E-state index in [0.29, 0.717) is 19.3 Å². The van der Waals surface area contributed by atoms with E-state index in [9.17, 15) is 19.2 Å². The number of carbonyl (C=O) groups excluding carboxylic acids is 1. The Kier molecular flexibility index (Phi) is 37.3. The number of rotatable bonds is 13. The summed E-state index contributed by atoms with van der Waals surface area (Å²) in [4.78, 5) is 40.3. The van der Waals surface area contributed by atoms with E-state index in [2.05, 4.69) is 4.74 Å². The molecule has 1 unspecified atom stereocenters. The standard InChI is InChI=1S/C9H14O2.C8H9NO2.C8H12O2.C7H10O2/c1-8(2)6-4-5-7-9(10)11-3;9-7-5-3-1-2-4-6-8(10)11;1-3-4-7(2)5-6-8(9)10;1-2-3-4-5-6-7(8)9/h5-7H,4H2,1-3H3;1,3-4,6H,2,5H2,(H,10,11);3-7H,1-2H3,(H,9,10);2-3,5-6H,4H2,1H3,(H,8,9). The van der Waals surface area contributed by atoms with Crippen molar-refractivity contribution in [1.82, 2.24) is 0 Å². The van der Waals surface area contributed by atoms with Crippen molar-refractivity contribution < 1.29 is 39.2 Å². The second-order valence-corrected chi connectivity index (χ2v) is 7.88. The van der Waals surface area contributed by atoms with E-state index in [4.69, 9.17) is 20.6 Å². The minimum atomic E-state index is -0.946. The summed E-state index contributed by atoms with van der Waals surface area (Å²) in [7, 11) is 1.37. The highest BCUT2D eigenvalue weighted by Gasteiger charge is 1.90. The lowest BCUT2D eigenvalue weighted by Gasteiger charge is -1.93. The fraction of sp³-hybridized carbons (Fsp3) is 0.344. The molecule has 0 saturated heterocycles. The Morgan fingerprint density at radius 1 is 0.732 bits per heavy atom. The Labute approximate surface area is 244 Å². The molecule has 1 atom stereocenters. The molecule has 0 rings (SSSR count). The predicted molar refractivity (Wildman–Crippen MR) is 163 cm³/mol. The molecule has 0 aliphatic heterocycles. The predicted octanol–water partition coefficient (Wildman–Crippen LogP) is 6.99. The number of nitriles is 1. The Balaban J connectivity index is -0.000000223. The Hall–Kier alpha value is -4.71. The molecular formula is C32H45NO8. The number of hydrogen-bond acceptors (Lipinski definition) is 6. The van der Waals surface area contributed by atoms with Crippen molar-refractivity contribution in [1.29, 1.82) is 5.26 Å². The SMILES string of the molecule is CC=CC(C)C=CC(=O)O.CC=CCC=CC(=O)O.COC(=O)C=CCC=C(C)C.N#CCC=CCC=CC(=O)O. The highest BCUT2D eigenvalue weighted by molar-refractivity contribution is 5.81. The number of nitrogens with zero attached hydrogens (tertiary/aromatic N) is 1. The molecule has 0 spiro atoms. The van der Waals surface area contributed by atoms with Crippen LogP contribution in [0.15, 0.2) is 96.7 Å². The summed E-state index contributed by atoms with van der Waals surface area (Å²) in [6.07, 6.45) is 26.9. The van der Waals surface area contributed by atoms with E-state index in [1.807, 2.05) is 71.1 Å². The zero-order valence-corrected chi connectivity index (χ0v) is 24.9. The number of allylic oxidation sites excluding steroid dienone is 12. The summed E-state index contributed by atoms with van der Waals surface area (Å²) >= 11 is 0. The molecule has 9 heteroatoms. The molecule has 0 fully saturated rings. The van der Waals surface area contributed by atoms with Crippen molar-refractivity contribution in [3.05, 3.63) is 96.7 Å². The molecule has 0 aromatic carbocycles. The fourth-order valence-electron chi connectivity index (χ4n) is 2.00. The normalized spacial score (nSPS) is 11.4. The van der Waals surface area contributed by atoms with Gasteiger partial charge in [-0.2, -0.15) is 5.26 Å². The largest absolute Gasteiger partial charge is 0.478 e. The van der Waals surface area contributed by atoms with Gasteiger partial charge in [0, 0.05) is 24.3 Å². The molecule has 0 aliphatic carbocycles. The first-order chi connectivity index (χ1) is 19.4. The van der Waals surface area contributed by atoms with Crippen LogP contribution in [0.4, 0.5) is 0 Å². The van der Waals surface area contributed by atoms with E-state index in [1.54, 1.807) is 30.4 Å². The second kappa shape index (κ2) is 35.3. The van der Waals surface area contributed by atoms with Crippen LogP contribution >= 0.6 is 0 Å². The van der Waals surface area contributed by atoms with Gasteiger partial charge in [-0.05, 0) is 52.9 Å². The van der Waals surface area contributed by atoms with Crippen LogP contribution in [0.1, 0.15) is 60.3 Å². The zero-order chi connectivity index (χ0) is 32.3. The maximum Gasteiger partial charge on any atom is 0.330 e. The van der Waals surface area contributed by atoms with E-state index >= 15 is 0 Å². The van der Waals surface area contributed by atoms with E-state index < -0.39 is 17.9 Å². The maximum absolute atomic E-state index is 10.5. The summed E-state index contributed by atoms with van der Waals surface area (Å²) in [5, 5.41) is 32.6. The molecule has 3 N–H and O–H groups in total. The summed E-state index contributed by atoms with van der Waals surface area (Å²) in [5.74, 6) is -2.82. The third-order valence-corrected chi connectivity index (χ3v) is 3.83. The van der Waals surface area contributed by atoms with Gasteiger partial charge in [0.25, 0.3) is 0 Å². The van der Waals surface area contributed by atoms with Crippen LogP contribution in [0.5, 0.6) is 0 Å². The molecule has 41 heavy (non-hydrogen) atoms. The number of carbonyl (C=O) groups is 4.